The molecule has 27 heavy (non-hydrogen) atoms. The molecule has 0 aliphatic rings. The molecule has 0 radical (unpaired) electrons. The Kier molecular flexibility index (Phi) is 10.1. The summed E-state index contributed by atoms with van der Waals surface area (Å²) in [7, 11) is -1.02. The molecule has 0 amide bonds. The van der Waals surface area contributed by atoms with E-state index in [-0.39, 0.29) is 18.7 Å². The van der Waals surface area contributed by atoms with E-state index in [1.807, 2.05) is 6.92 Å². The third-order valence-corrected chi connectivity index (χ3v) is 4.45. The second-order valence-corrected chi connectivity index (χ2v) is 6.92. The molecule has 2 rings (SSSR count). The van der Waals surface area contributed by atoms with Gasteiger partial charge in [-0.3, -0.25) is 13.9 Å². The fourth-order valence-corrected chi connectivity index (χ4v) is 2.73. The van der Waals surface area contributed by atoms with Crippen LogP contribution in [0.3, 0.4) is 0 Å². The van der Waals surface area contributed by atoms with Crippen LogP contribution in [0.1, 0.15) is 52.9 Å². The molecule has 0 spiro atoms. The van der Waals surface area contributed by atoms with Gasteiger partial charge in [-0.1, -0.05) is 33.6 Å². The first kappa shape index (κ1) is 23.2. The van der Waals surface area contributed by atoms with Crippen LogP contribution < -0.4 is 11.2 Å². The average molecular weight is 401 g/mol. The molecule has 152 valence electrons. The molecule has 0 aliphatic carbocycles. The lowest BCUT2D eigenvalue weighted by Crippen LogP contribution is -2.39. The number of hydrogen-bond donors (Lipinski definition) is 1. The molecule has 0 bridgehead atoms. The number of unbranched alkanes of at least 4 members (excludes halogenated alkanes) is 2. The second-order valence-electron chi connectivity index (χ2n) is 6.19. The Labute approximate surface area is 159 Å². The van der Waals surface area contributed by atoms with E-state index in [0.717, 1.165) is 6.42 Å². The van der Waals surface area contributed by atoms with Gasteiger partial charge in [0.25, 0.3) is 5.56 Å². The summed E-state index contributed by atoms with van der Waals surface area (Å²) in [6.45, 7) is 7.35. The standard InChI is InChI=1S/C13H19N4O5P.C4H10/c1-3-6-16-9-14-11-10(16)12(18)17(13(19)15(11)2)7-4-5-8-22-23(20)21;1-3-4-2/h9H,3-8H2,1-2H3;3-4H2,1-2H3/p+1. The minimum Gasteiger partial charge on any atom is -0.325 e. The maximum absolute atomic E-state index is 12.6. The van der Waals surface area contributed by atoms with Crippen molar-refractivity contribution in [1.29, 1.82) is 0 Å². The van der Waals surface area contributed by atoms with Gasteiger partial charge in [-0.05, 0) is 19.3 Å². The lowest BCUT2D eigenvalue weighted by Gasteiger charge is -2.09. The van der Waals surface area contributed by atoms with Crippen molar-refractivity contribution >= 4 is 19.4 Å². The monoisotopic (exact) mass is 401 g/mol. The van der Waals surface area contributed by atoms with Crippen molar-refractivity contribution in [1.82, 2.24) is 18.7 Å². The molecule has 2 aromatic heterocycles. The van der Waals surface area contributed by atoms with Crippen molar-refractivity contribution in [2.75, 3.05) is 6.61 Å². The van der Waals surface area contributed by atoms with Crippen molar-refractivity contribution in [3.8, 4) is 0 Å². The highest BCUT2D eigenvalue weighted by Gasteiger charge is 2.16. The molecule has 0 saturated heterocycles. The van der Waals surface area contributed by atoms with E-state index in [4.69, 9.17) is 4.89 Å². The van der Waals surface area contributed by atoms with E-state index in [9.17, 15) is 14.2 Å². The van der Waals surface area contributed by atoms with Gasteiger partial charge >= 0.3 is 13.9 Å². The van der Waals surface area contributed by atoms with E-state index < -0.39 is 13.9 Å². The third-order valence-electron chi connectivity index (χ3n) is 4.04. The van der Waals surface area contributed by atoms with Crippen LogP contribution in [0.2, 0.25) is 0 Å². The maximum Gasteiger partial charge on any atom is 0.694 e. The molecule has 0 aromatic carbocycles. The van der Waals surface area contributed by atoms with Crippen LogP contribution in [0.25, 0.3) is 11.2 Å². The molecule has 0 saturated carbocycles. The zero-order chi connectivity index (χ0) is 20.4. The number of aryl methyl sites for hydroxylation is 2. The topological polar surface area (TPSA) is 108 Å². The van der Waals surface area contributed by atoms with Gasteiger partial charge < -0.3 is 4.57 Å². The lowest BCUT2D eigenvalue weighted by atomic mass is 10.3. The lowest BCUT2D eigenvalue weighted by molar-refractivity contribution is 0.272. The minimum atomic E-state index is -2.61. The average Bonchev–Trinajstić information content (AvgIpc) is 3.06. The highest BCUT2D eigenvalue weighted by Crippen LogP contribution is 2.14. The van der Waals surface area contributed by atoms with Crippen molar-refractivity contribution < 1.29 is 14.0 Å². The number of imidazole rings is 1. The Hall–Kier alpha value is -1.83. The largest absolute Gasteiger partial charge is 0.694 e. The van der Waals surface area contributed by atoms with E-state index in [0.29, 0.717) is 30.6 Å². The van der Waals surface area contributed by atoms with Crippen LogP contribution in [0.5, 0.6) is 0 Å². The number of rotatable bonds is 9. The second kappa shape index (κ2) is 11.8. The SMILES string of the molecule is CCCC.CCCn1cnc2c1c(=O)n(CCCCO[P+](=O)O)c(=O)n2C. The summed E-state index contributed by atoms with van der Waals surface area (Å²) in [5.74, 6) is 0. The van der Waals surface area contributed by atoms with Crippen molar-refractivity contribution in [2.24, 2.45) is 7.05 Å². The maximum atomic E-state index is 12.6. The van der Waals surface area contributed by atoms with Crippen molar-refractivity contribution in [3.63, 3.8) is 0 Å². The Morgan fingerprint density at radius 2 is 1.78 bits per heavy atom. The van der Waals surface area contributed by atoms with Crippen LogP contribution in [-0.4, -0.2) is 30.2 Å². The highest BCUT2D eigenvalue weighted by atomic mass is 31.1. The summed E-state index contributed by atoms with van der Waals surface area (Å²) in [4.78, 5) is 37.6. The summed E-state index contributed by atoms with van der Waals surface area (Å²) in [5.41, 5.74) is 0.0237. The number of nitrogens with zero attached hydrogens (tertiary/aromatic N) is 4. The van der Waals surface area contributed by atoms with Gasteiger partial charge in [-0.2, -0.15) is 0 Å². The van der Waals surface area contributed by atoms with Crippen LogP contribution >= 0.6 is 8.25 Å². The summed E-state index contributed by atoms with van der Waals surface area (Å²) < 4.78 is 19.3. The first-order chi connectivity index (χ1) is 12.9. The van der Waals surface area contributed by atoms with E-state index in [1.54, 1.807) is 17.9 Å². The minimum absolute atomic E-state index is 0.108. The van der Waals surface area contributed by atoms with Gasteiger partial charge in [0.05, 0.1) is 6.33 Å². The van der Waals surface area contributed by atoms with Gasteiger partial charge in [-0.15, -0.1) is 9.42 Å². The Morgan fingerprint density at radius 1 is 1.11 bits per heavy atom. The molecule has 2 aromatic rings. The Bertz CT molecular complexity index is 853. The van der Waals surface area contributed by atoms with Crippen LogP contribution in [-0.2, 0) is 29.2 Å². The van der Waals surface area contributed by atoms with Crippen LogP contribution in [0.4, 0.5) is 0 Å². The Balaban J connectivity index is 0.000000828. The summed E-state index contributed by atoms with van der Waals surface area (Å²) in [6, 6.07) is 0. The van der Waals surface area contributed by atoms with Crippen molar-refractivity contribution in [3.05, 3.63) is 27.2 Å². The fraction of sp³-hybridized carbons (Fsp3) is 0.706. The molecule has 0 fully saturated rings. The normalized spacial score (nSPS) is 11.4. The first-order valence-electron chi connectivity index (χ1n) is 9.32. The number of aromatic nitrogens is 4. The quantitative estimate of drug-likeness (QED) is 0.511. The van der Waals surface area contributed by atoms with Crippen molar-refractivity contribution in [2.45, 2.75) is 66.0 Å². The summed E-state index contributed by atoms with van der Waals surface area (Å²) in [5, 5.41) is 0. The van der Waals surface area contributed by atoms with E-state index >= 15 is 0 Å². The summed E-state index contributed by atoms with van der Waals surface area (Å²) >= 11 is 0. The molecular weight excluding hydrogens is 371 g/mol. The van der Waals surface area contributed by atoms with E-state index in [2.05, 4.69) is 23.4 Å². The molecule has 10 heteroatoms. The molecule has 1 atom stereocenters. The molecule has 2 heterocycles. The predicted molar refractivity (Wildman–Crippen MR) is 105 cm³/mol. The fourth-order valence-electron chi connectivity index (χ4n) is 2.44. The van der Waals surface area contributed by atoms with Gasteiger partial charge in [-0.25, -0.2) is 9.78 Å². The number of fused-ring (bicyclic) bond motifs is 1. The van der Waals surface area contributed by atoms with Crippen LogP contribution in [0, 0.1) is 0 Å². The zero-order valence-corrected chi connectivity index (χ0v) is 17.4. The number of hydrogen-bond acceptors (Lipinski definition) is 5. The van der Waals surface area contributed by atoms with Gasteiger partial charge in [0.15, 0.2) is 11.2 Å². The molecule has 1 N–H and O–H groups in total. The smallest absolute Gasteiger partial charge is 0.325 e. The Morgan fingerprint density at radius 3 is 2.33 bits per heavy atom. The molecule has 0 aliphatic heterocycles. The highest BCUT2D eigenvalue weighted by molar-refractivity contribution is 7.32. The van der Waals surface area contributed by atoms with Gasteiger partial charge in [0.1, 0.15) is 6.61 Å². The molecule has 9 nitrogen and oxygen atoms in total. The van der Waals surface area contributed by atoms with Crippen LogP contribution in [0.15, 0.2) is 15.9 Å². The zero-order valence-electron chi connectivity index (χ0n) is 16.6. The molecular formula is C17H30N4O5P+. The van der Waals surface area contributed by atoms with E-state index in [1.165, 1.54) is 22.0 Å². The summed E-state index contributed by atoms with van der Waals surface area (Å²) in [6.07, 6.45) is 6.03. The molecule has 1 unspecified atom stereocenters. The van der Waals surface area contributed by atoms with Gasteiger partial charge in [0.2, 0.25) is 0 Å². The van der Waals surface area contributed by atoms with Gasteiger partial charge in [0, 0.05) is 24.7 Å². The predicted octanol–water partition coefficient (Wildman–Crippen LogP) is 2.56. The first-order valence-corrected chi connectivity index (χ1v) is 10.5. The third kappa shape index (κ3) is 6.37.